The highest BCUT2D eigenvalue weighted by atomic mass is 32.1. The van der Waals surface area contributed by atoms with Gasteiger partial charge in [0.25, 0.3) is 5.91 Å². The number of rotatable bonds is 7. The highest BCUT2D eigenvalue weighted by Crippen LogP contribution is 2.37. The van der Waals surface area contributed by atoms with Crippen LogP contribution in [-0.4, -0.2) is 23.5 Å². The van der Waals surface area contributed by atoms with Gasteiger partial charge in [-0.15, -0.1) is 22.7 Å². The van der Waals surface area contributed by atoms with E-state index >= 15 is 0 Å². The van der Waals surface area contributed by atoms with Crippen LogP contribution in [0.5, 0.6) is 0 Å². The van der Waals surface area contributed by atoms with Crippen molar-refractivity contribution in [3.8, 4) is 28.0 Å². The minimum atomic E-state index is -0.660. The van der Waals surface area contributed by atoms with Crippen molar-refractivity contribution in [2.45, 2.75) is 6.92 Å². The summed E-state index contributed by atoms with van der Waals surface area (Å²) in [5, 5.41) is 15.2. The fraction of sp³-hybridized carbons (Fsp3) is 0.0714. The van der Waals surface area contributed by atoms with Crippen LogP contribution in [0, 0.1) is 11.3 Å². The van der Waals surface area contributed by atoms with Crippen molar-refractivity contribution in [3.05, 3.63) is 89.0 Å². The van der Waals surface area contributed by atoms with Crippen LogP contribution in [0.25, 0.3) is 38.2 Å². The molecule has 37 heavy (non-hydrogen) atoms. The maximum Gasteiger partial charge on any atom is 0.341 e. The summed E-state index contributed by atoms with van der Waals surface area (Å²) in [6.45, 7) is 1.91. The van der Waals surface area contributed by atoms with Crippen LogP contribution in [0.3, 0.4) is 0 Å². The lowest BCUT2D eigenvalue weighted by atomic mass is 10.0. The minimum Gasteiger partial charge on any atom is -0.462 e. The summed E-state index contributed by atoms with van der Waals surface area (Å²) in [5.41, 5.74) is 2.41. The van der Waals surface area contributed by atoms with Crippen LogP contribution >= 0.6 is 22.7 Å². The molecular weight excluding hydrogens is 506 g/mol. The van der Waals surface area contributed by atoms with E-state index in [2.05, 4.69) is 10.3 Å². The molecule has 5 rings (SSSR count). The number of carbonyl (C=O) groups is 2. The third kappa shape index (κ3) is 5.07. The van der Waals surface area contributed by atoms with Gasteiger partial charge in [-0.05, 0) is 36.8 Å². The zero-order valence-electron chi connectivity index (χ0n) is 19.6. The second-order valence-corrected chi connectivity index (χ2v) is 9.66. The van der Waals surface area contributed by atoms with Gasteiger partial charge in [-0.2, -0.15) is 5.26 Å². The summed E-state index contributed by atoms with van der Waals surface area (Å²) in [7, 11) is 0. The van der Waals surface area contributed by atoms with E-state index in [0.29, 0.717) is 27.1 Å². The van der Waals surface area contributed by atoms with E-state index in [-0.39, 0.29) is 17.7 Å². The van der Waals surface area contributed by atoms with Crippen LogP contribution < -0.4 is 5.32 Å². The van der Waals surface area contributed by atoms with Crippen molar-refractivity contribution < 1.29 is 18.7 Å². The van der Waals surface area contributed by atoms with Gasteiger partial charge in [-0.3, -0.25) is 4.79 Å². The van der Waals surface area contributed by atoms with Gasteiger partial charge in [-0.1, -0.05) is 42.5 Å². The number of carbonyl (C=O) groups excluding carboxylic acids is 2. The van der Waals surface area contributed by atoms with E-state index in [1.165, 1.54) is 28.7 Å². The molecule has 9 heteroatoms. The summed E-state index contributed by atoms with van der Waals surface area (Å²) in [4.78, 5) is 30.4. The molecule has 0 spiro atoms. The SMILES string of the molecule is CCOC(=O)c1c(-c2ccccc2)csc1NC(=O)/C(C#N)=C/c1ccc(-c2nc3ccccc3s2)o1. The zero-order chi connectivity index (χ0) is 25.8. The van der Waals surface area contributed by atoms with Gasteiger partial charge >= 0.3 is 5.97 Å². The van der Waals surface area contributed by atoms with Gasteiger partial charge in [-0.25, -0.2) is 9.78 Å². The summed E-state index contributed by atoms with van der Waals surface area (Å²) in [5.74, 6) is -0.331. The number of benzene rings is 2. The molecule has 0 saturated heterocycles. The Morgan fingerprint density at radius 3 is 2.65 bits per heavy atom. The van der Waals surface area contributed by atoms with E-state index in [1.807, 2.05) is 60.7 Å². The van der Waals surface area contributed by atoms with Gasteiger partial charge < -0.3 is 14.5 Å². The normalized spacial score (nSPS) is 11.3. The van der Waals surface area contributed by atoms with E-state index in [1.54, 1.807) is 24.4 Å². The van der Waals surface area contributed by atoms with E-state index in [9.17, 15) is 14.9 Å². The van der Waals surface area contributed by atoms with Crippen LogP contribution in [0.1, 0.15) is 23.0 Å². The molecule has 0 fully saturated rings. The Kier molecular flexibility index (Phi) is 6.94. The molecule has 3 heterocycles. The maximum absolute atomic E-state index is 13.0. The number of hydrogen-bond donors (Lipinski definition) is 1. The lowest BCUT2D eigenvalue weighted by Gasteiger charge is -2.08. The number of ether oxygens (including phenoxy) is 1. The second kappa shape index (κ2) is 10.6. The zero-order valence-corrected chi connectivity index (χ0v) is 21.2. The number of thiazole rings is 1. The van der Waals surface area contributed by atoms with Gasteiger partial charge in [0.1, 0.15) is 28.0 Å². The molecule has 3 aromatic heterocycles. The molecule has 0 radical (unpaired) electrons. The highest BCUT2D eigenvalue weighted by Gasteiger charge is 2.24. The first-order chi connectivity index (χ1) is 18.1. The Bertz CT molecular complexity index is 1640. The monoisotopic (exact) mass is 525 g/mol. The number of nitrogens with zero attached hydrogens (tertiary/aromatic N) is 2. The standard InChI is InChI=1S/C28H19N3O4S2/c1-2-34-28(33)24-20(17-8-4-3-5-9-17)16-36-27(24)31-25(32)18(15-29)14-19-12-13-22(35-19)26-30-21-10-6-7-11-23(21)37-26/h3-14,16H,2H2,1H3,(H,31,32)/b18-14+. The van der Waals surface area contributed by atoms with Crippen LogP contribution in [0.2, 0.25) is 0 Å². The fourth-order valence-corrected chi connectivity index (χ4v) is 5.55. The number of para-hydroxylation sites is 1. The molecule has 0 aliphatic heterocycles. The smallest absolute Gasteiger partial charge is 0.341 e. The first-order valence-corrected chi connectivity index (χ1v) is 13.0. The quantitative estimate of drug-likeness (QED) is 0.139. The number of amides is 1. The Labute approximate surface area is 220 Å². The lowest BCUT2D eigenvalue weighted by Crippen LogP contribution is -2.16. The third-order valence-corrected chi connectivity index (χ3v) is 7.31. The van der Waals surface area contributed by atoms with Crippen LogP contribution in [-0.2, 0) is 9.53 Å². The highest BCUT2D eigenvalue weighted by molar-refractivity contribution is 7.21. The van der Waals surface area contributed by atoms with Crippen LogP contribution in [0.4, 0.5) is 5.00 Å². The number of esters is 1. The third-order valence-electron chi connectivity index (χ3n) is 5.37. The molecule has 0 unspecified atom stereocenters. The molecule has 1 amide bonds. The number of fused-ring (bicyclic) bond motifs is 1. The van der Waals surface area contributed by atoms with Crippen molar-refractivity contribution in [3.63, 3.8) is 0 Å². The van der Waals surface area contributed by atoms with E-state index in [0.717, 1.165) is 15.8 Å². The van der Waals surface area contributed by atoms with E-state index in [4.69, 9.17) is 9.15 Å². The molecule has 7 nitrogen and oxygen atoms in total. The molecule has 5 aromatic rings. The van der Waals surface area contributed by atoms with E-state index < -0.39 is 11.9 Å². The predicted octanol–water partition coefficient (Wildman–Crippen LogP) is 7.01. The number of nitrogens with one attached hydrogen (secondary N) is 1. The lowest BCUT2D eigenvalue weighted by molar-refractivity contribution is -0.112. The summed E-state index contributed by atoms with van der Waals surface area (Å²) >= 11 is 2.68. The molecule has 0 bridgehead atoms. The fourth-order valence-electron chi connectivity index (χ4n) is 3.67. The molecule has 0 aliphatic rings. The first-order valence-electron chi connectivity index (χ1n) is 11.3. The Hall–Kier alpha value is -4.52. The van der Waals surface area contributed by atoms with Crippen molar-refractivity contribution in [2.75, 3.05) is 11.9 Å². The van der Waals surface area contributed by atoms with Crippen molar-refractivity contribution in [1.82, 2.24) is 4.98 Å². The van der Waals surface area contributed by atoms with Crippen molar-refractivity contribution in [1.29, 1.82) is 5.26 Å². The predicted molar refractivity (Wildman–Crippen MR) is 145 cm³/mol. The first kappa shape index (κ1) is 24.2. The Morgan fingerprint density at radius 2 is 1.89 bits per heavy atom. The second-order valence-electron chi connectivity index (χ2n) is 7.75. The molecule has 1 N–H and O–H groups in total. The van der Waals surface area contributed by atoms with Crippen molar-refractivity contribution >= 4 is 55.8 Å². The summed E-state index contributed by atoms with van der Waals surface area (Å²) < 4.78 is 12.1. The molecule has 182 valence electrons. The number of hydrogen-bond acceptors (Lipinski definition) is 8. The Morgan fingerprint density at radius 1 is 1.11 bits per heavy atom. The maximum atomic E-state index is 13.0. The minimum absolute atomic E-state index is 0.172. The number of furan rings is 1. The average molecular weight is 526 g/mol. The number of aromatic nitrogens is 1. The number of thiophene rings is 1. The average Bonchev–Trinajstić information content (AvgIpc) is 3.66. The summed E-state index contributed by atoms with van der Waals surface area (Å²) in [6, 6.07) is 22.5. The van der Waals surface area contributed by atoms with Gasteiger partial charge in [0, 0.05) is 17.0 Å². The molecule has 0 aliphatic carbocycles. The molecular formula is C28H19N3O4S2. The largest absolute Gasteiger partial charge is 0.462 e. The number of anilines is 1. The summed E-state index contributed by atoms with van der Waals surface area (Å²) in [6.07, 6.45) is 1.36. The van der Waals surface area contributed by atoms with Crippen molar-refractivity contribution in [2.24, 2.45) is 0 Å². The topological polar surface area (TPSA) is 105 Å². The molecule has 0 atom stereocenters. The molecule has 2 aromatic carbocycles. The van der Waals surface area contributed by atoms with Gasteiger partial charge in [0.2, 0.25) is 0 Å². The Balaban J connectivity index is 1.41. The van der Waals surface area contributed by atoms with Gasteiger partial charge in [0.05, 0.1) is 16.8 Å². The number of nitriles is 1. The van der Waals surface area contributed by atoms with Crippen LogP contribution in [0.15, 0.2) is 82.1 Å². The molecule has 0 saturated carbocycles. The van der Waals surface area contributed by atoms with Gasteiger partial charge in [0.15, 0.2) is 10.8 Å².